The Kier molecular flexibility index (Phi) is 5.92. The molecule has 8 heteroatoms. The van der Waals surface area contributed by atoms with Crippen LogP contribution in [-0.2, 0) is 4.79 Å². The van der Waals surface area contributed by atoms with Crippen molar-refractivity contribution < 1.29 is 14.3 Å². The van der Waals surface area contributed by atoms with Crippen molar-refractivity contribution >= 4 is 73.5 Å². The molecule has 3 rings (SSSR count). The number of thioether (sulfide) groups is 1. The van der Waals surface area contributed by atoms with Gasteiger partial charge in [-0.25, -0.2) is 0 Å². The number of hydrogen-bond acceptors (Lipinski definition) is 5. The lowest BCUT2D eigenvalue weighted by atomic mass is 10.2. The number of anilines is 1. The number of rotatable bonds is 4. The quantitative estimate of drug-likeness (QED) is 0.434. The monoisotopic (exact) mass is 469 g/mol. The molecular weight excluding hydrogens is 458 g/mol. The largest absolute Gasteiger partial charge is 0.496 e. The average Bonchev–Trinajstić information content (AvgIpc) is 2.88. The lowest BCUT2D eigenvalue weighted by molar-refractivity contribution is -0.113. The fourth-order valence-electron chi connectivity index (χ4n) is 2.44. The summed E-state index contributed by atoms with van der Waals surface area (Å²) < 4.78 is 11.8. The topological polar surface area (TPSA) is 38.8 Å². The van der Waals surface area contributed by atoms with Gasteiger partial charge < -0.3 is 9.47 Å². The normalized spacial score (nSPS) is 15.7. The Morgan fingerprint density at radius 3 is 2.50 bits per heavy atom. The van der Waals surface area contributed by atoms with Gasteiger partial charge >= 0.3 is 0 Å². The maximum Gasteiger partial charge on any atom is 0.270 e. The van der Waals surface area contributed by atoms with Crippen LogP contribution >= 0.6 is 51.5 Å². The zero-order chi connectivity index (χ0) is 18.8. The van der Waals surface area contributed by atoms with Gasteiger partial charge in [-0.2, -0.15) is 0 Å². The van der Waals surface area contributed by atoms with Crippen molar-refractivity contribution in [1.82, 2.24) is 0 Å². The Hall–Kier alpha value is -1.54. The number of halogens is 2. The molecule has 0 spiro atoms. The summed E-state index contributed by atoms with van der Waals surface area (Å²) in [5.41, 5.74) is 1.39. The first kappa shape index (κ1) is 19.2. The Balaban J connectivity index is 1.97. The number of nitrogens with zero attached hydrogens (tertiary/aromatic N) is 1. The van der Waals surface area contributed by atoms with Crippen LogP contribution in [0.3, 0.4) is 0 Å². The van der Waals surface area contributed by atoms with Crippen molar-refractivity contribution in [3.63, 3.8) is 0 Å². The van der Waals surface area contributed by atoms with Crippen LogP contribution in [0.25, 0.3) is 6.08 Å². The third kappa shape index (κ3) is 3.76. The van der Waals surface area contributed by atoms with E-state index < -0.39 is 0 Å². The summed E-state index contributed by atoms with van der Waals surface area (Å²) >= 11 is 16.2. The molecule has 1 aliphatic rings. The zero-order valence-corrected chi connectivity index (χ0v) is 17.8. The Morgan fingerprint density at radius 1 is 1.15 bits per heavy atom. The minimum absolute atomic E-state index is 0.205. The molecule has 4 nitrogen and oxygen atoms in total. The van der Waals surface area contributed by atoms with Gasteiger partial charge in [-0.05, 0) is 42.5 Å². The highest BCUT2D eigenvalue weighted by Crippen LogP contribution is 2.39. The maximum absolute atomic E-state index is 12.9. The third-order valence-corrected chi connectivity index (χ3v) is 5.76. The lowest BCUT2D eigenvalue weighted by Gasteiger charge is -2.15. The van der Waals surface area contributed by atoms with E-state index in [0.717, 1.165) is 10.0 Å². The molecule has 1 aliphatic heterocycles. The second-order valence-electron chi connectivity index (χ2n) is 5.22. The molecule has 0 unspecified atom stereocenters. The molecule has 0 radical (unpaired) electrons. The SMILES string of the molecule is COc1ccc(N2C(=O)/C(=C\c3cc(Br)ccc3OC)SC2=S)cc1Cl. The molecule has 0 aliphatic carbocycles. The molecule has 134 valence electrons. The number of ether oxygens (including phenoxy) is 2. The minimum Gasteiger partial charge on any atom is -0.496 e. The minimum atomic E-state index is -0.205. The first-order valence-electron chi connectivity index (χ1n) is 7.39. The van der Waals surface area contributed by atoms with E-state index in [0.29, 0.717) is 31.4 Å². The Bertz CT molecular complexity index is 933. The van der Waals surface area contributed by atoms with E-state index in [4.69, 9.17) is 33.3 Å². The fraction of sp³-hybridized carbons (Fsp3) is 0.111. The molecule has 1 saturated heterocycles. The number of carbonyl (C=O) groups is 1. The molecule has 0 N–H and O–H groups in total. The van der Waals surface area contributed by atoms with Crippen molar-refractivity contribution in [2.75, 3.05) is 19.1 Å². The second kappa shape index (κ2) is 8.00. The molecule has 0 saturated carbocycles. The Morgan fingerprint density at radius 2 is 1.85 bits per heavy atom. The summed E-state index contributed by atoms with van der Waals surface area (Å²) in [6.45, 7) is 0. The summed E-state index contributed by atoms with van der Waals surface area (Å²) in [5.74, 6) is 1.00. The lowest BCUT2D eigenvalue weighted by Crippen LogP contribution is -2.27. The summed E-state index contributed by atoms with van der Waals surface area (Å²) in [6, 6.07) is 10.7. The van der Waals surface area contributed by atoms with Crippen LogP contribution in [0.15, 0.2) is 45.8 Å². The van der Waals surface area contributed by atoms with Gasteiger partial charge in [0.25, 0.3) is 5.91 Å². The van der Waals surface area contributed by atoms with Gasteiger partial charge in [0.2, 0.25) is 0 Å². The second-order valence-corrected chi connectivity index (χ2v) is 8.22. The van der Waals surface area contributed by atoms with Crippen LogP contribution in [0.2, 0.25) is 5.02 Å². The van der Waals surface area contributed by atoms with Crippen molar-refractivity contribution in [2.24, 2.45) is 0 Å². The molecular formula is C18H13BrClNO3S2. The molecule has 2 aromatic rings. The molecule has 1 heterocycles. The van der Waals surface area contributed by atoms with Gasteiger partial charge in [0.1, 0.15) is 11.5 Å². The predicted molar refractivity (Wildman–Crippen MR) is 114 cm³/mol. The summed E-state index contributed by atoms with van der Waals surface area (Å²) in [4.78, 5) is 14.9. The van der Waals surface area contributed by atoms with Crippen molar-refractivity contribution in [3.05, 3.63) is 56.4 Å². The summed E-state index contributed by atoms with van der Waals surface area (Å²) in [6.07, 6.45) is 1.77. The van der Waals surface area contributed by atoms with E-state index in [2.05, 4.69) is 15.9 Å². The number of thiocarbonyl (C=S) groups is 1. The molecule has 26 heavy (non-hydrogen) atoms. The van der Waals surface area contributed by atoms with Crippen LogP contribution < -0.4 is 14.4 Å². The van der Waals surface area contributed by atoms with E-state index in [-0.39, 0.29) is 5.91 Å². The van der Waals surface area contributed by atoms with E-state index in [1.54, 1.807) is 31.4 Å². The van der Waals surface area contributed by atoms with Crippen LogP contribution in [0, 0.1) is 0 Å². The number of carbonyl (C=O) groups excluding carboxylic acids is 1. The van der Waals surface area contributed by atoms with E-state index in [1.807, 2.05) is 18.2 Å². The van der Waals surface area contributed by atoms with Gasteiger partial charge in [-0.15, -0.1) is 0 Å². The molecule has 0 atom stereocenters. The first-order chi connectivity index (χ1) is 12.4. The third-order valence-electron chi connectivity index (χ3n) is 3.67. The molecule has 0 aromatic heterocycles. The van der Waals surface area contributed by atoms with Gasteiger partial charge in [-0.1, -0.05) is 51.5 Å². The molecule has 2 aromatic carbocycles. The van der Waals surface area contributed by atoms with Gasteiger partial charge in [0.05, 0.1) is 29.8 Å². The zero-order valence-electron chi connectivity index (χ0n) is 13.8. The highest BCUT2D eigenvalue weighted by atomic mass is 79.9. The highest BCUT2D eigenvalue weighted by molar-refractivity contribution is 9.10. The molecule has 1 amide bonds. The van der Waals surface area contributed by atoms with Crippen LogP contribution in [0.5, 0.6) is 11.5 Å². The number of benzene rings is 2. The fourth-order valence-corrected chi connectivity index (χ4v) is 4.36. The summed E-state index contributed by atoms with van der Waals surface area (Å²) in [5, 5.41) is 0.414. The first-order valence-corrected chi connectivity index (χ1v) is 9.79. The van der Waals surface area contributed by atoms with Crippen LogP contribution in [0.4, 0.5) is 5.69 Å². The standard InChI is InChI=1S/C18H13BrClNO3S2/c1-23-14-5-3-11(19)7-10(14)8-16-17(22)21(18(25)26-16)12-4-6-15(24-2)13(20)9-12/h3-9H,1-2H3/b16-8+. The van der Waals surface area contributed by atoms with E-state index in [9.17, 15) is 4.79 Å². The van der Waals surface area contributed by atoms with Crippen molar-refractivity contribution in [2.45, 2.75) is 0 Å². The Labute approximate surface area is 174 Å². The van der Waals surface area contributed by atoms with Crippen LogP contribution in [0.1, 0.15) is 5.56 Å². The maximum atomic E-state index is 12.9. The smallest absolute Gasteiger partial charge is 0.270 e. The van der Waals surface area contributed by atoms with Crippen molar-refractivity contribution in [3.8, 4) is 11.5 Å². The van der Waals surface area contributed by atoms with Gasteiger partial charge in [0.15, 0.2) is 4.32 Å². The van der Waals surface area contributed by atoms with Crippen LogP contribution in [-0.4, -0.2) is 24.4 Å². The number of methoxy groups -OCH3 is 2. The highest BCUT2D eigenvalue weighted by Gasteiger charge is 2.33. The van der Waals surface area contributed by atoms with Gasteiger partial charge in [-0.3, -0.25) is 9.69 Å². The number of hydrogen-bond donors (Lipinski definition) is 0. The molecule has 0 bridgehead atoms. The van der Waals surface area contributed by atoms with E-state index in [1.165, 1.54) is 23.8 Å². The number of amides is 1. The predicted octanol–water partition coefficient (Wildman–Crippen LogP) is 5.53. The van der Waals surface area contributed by atoms with E-state index >= 15 is 0 Å². The average molecular weight is 471 g/mol. The van der Waals surface area contributed by atoms with Crippen molar-refractivity contribution in [1.29, 1.82) is 0 Å². The molecule has 1 fully saturated rings. The van der Waals surface area contributed by atoms with Gasteiger partial charge in [0, 0.05) is 10.0 Å². The summed E-state index contributed by atoms with van der Waals surface area (Å²) in [7, 11) is 3.12.